The third-order valence-electron chi connectivity index (χ3n) is 4.33. The Balaban J connectivity index is 1.89. The van der Waals surface area contributed by atoms with Crippen molar-refractivity contribution in [3.8, 4) is 28.0 Å². The van der Waals surface area contributed by atoms with E-state index in [0.29, 0.717) is 23.3 Å². The summed E-state index contributed by atoms with van der Waals surface area (Å²) < 4.78 is 33.8. The molecular weight excluding hydrogens is 330 g/mol. The normalized spacial score (nSPS) is 10.7. The van der Waals surface area contributed by atoms with Crippen molar-refractivity contribution in [3.05, 3.63) is 78.4 Å². The first-order chi connectivity index (χ1) is 12.7. The van der Waals surface area contributed by atoms with Gasteiger partial charge in [0.15, 0.2) is 0 Å². The maximum atomic E-state index is 14.2. The van der Waals surface area contributed by atoms with Crippen LogP contribution in [0.2, 0.25) is 0 Å². The van der Waals surface area contributed by atoms with Gasteiger partial charge in [0.2, 0.25) is 0 Å². The minimum atomic E-state index is -0.347. The van der Waals surface area contributed by atoms with Crippen molar-refractivity contribution in [2.45, 2.75) is 26.2 Å². The van der Waals surface area contributed by atoms with E-state index >= 15 is 0 Å². The van der Waals surface area contributed by atoms with Gasteiger partial charge in [-0.05, 0) is 53.4 Å². The van der Waals surface area contributed by atoms with Crippen LogP contribution < -0.4 is 4.74 Å². The number of benzene rings is 3. The van der Waals surface area contributed by atoms with Crippen LogP contribution in [0.25, 0.3) is 22.3 Å². The van der Waals surface area contributed by atoms with Crippen LogP contribution in [0.15, 0.2) is 66.7 Å². The second-order valence-electron chi connectivity index (χ2n) is 6.25. The van der Waals surface area contributed by atoms with Gasteiger partial charge in [0.25, 0.3) is 0 Å². The summed E-state index contributed by atoms with van der Waals surface area (Å²) in [5.41, 5.74) is 2.61. The predicted octanol–water partition coefficient (Wildman–Crippen LogP) is 6.87. The van der Waals surface area contributed by atoms with E-state index in [0.717, 1.165) is 30.6 Å². The lowest BCUT2D eigenvalue weighted by Crippen LogP contribution is -1.97. The van der Waals surface area contributed by atoms with Crippen LogP contribution in [0, 0.1) is 11.6 Å². The summed E-state index contributed by atoms with van der Waals surface area (Å²) >= 11 is 0. The summed E-state index contributed by atoms with van der Waals surface area (Å²) in [7, 11) is 0. The quantitative estimate of drug-likeness (QED) is 0.422. The van der Waals surface area contributed by atoms with E-state index in [1.54, 1.807) is 24.3 Å². The molecule has 3 rings (SSSR count). The van der Waals surface area contributed by atoms with Gasteiger partial charge in [0, 0.05) is 5.56 Å². The van der Waals surface area contributed by atoms with Crippen molar-refractivity contribution < 1.29 is 13.5 Å². The molecule has 0 N–H and O–H groups in total. The Morgan fingerprint density at radius 1 is 0.769 bits per heavy atom. The SMILES string of the molecule is CCCCCOc1ccc(-c2cc(F)ccc2-c2ccccc2F)cc1. The molecule has 0 aliphatic rings. The Labute approximate surface area is 153 Å². The maximum Gasteiger partial charge on any atom is 0.131 e. The number of ether oxygens (including phenoxy) is 1. The fraction of sp³-hybridized carbons (Fsp3) is 0.217. The van der Waals surface area contributed by atoms with Gasteiger partial charge < -0.3 is 4.74 Å². The van der Waals surface area contributed by atoms with E-state index in [9.17, 15) is 8.78 Å². The molecule has 0 aliphatic heterocycles. The van der Waals surface area contributed by atoms with Crippen molar-refractivity contribution in [2.24, 2.45) is 0 Å². The molecule has 3 aromatic rings. The second-order valence-corrected chi connectivity index (χ2v) is 6.25. The molecule has 0 aromatic heterocycles. The first-order valence-corrected chi connectivity index (χ1v) is 8.96. The zero-order chi connectivity index (χ0) is 18.4. The topological polar surface area (TPSA) is 9.23 Å². The molecule has 0 aliphatic carbocycles. The number of halogens is 2. The highest BCUT2D eigenvalue weighted by molar-refractivity contribution is 5.83. The van der Waals surface area contributed by atoms with Crippen molar-refractivity contribution in [3.63, 3.8) is 0 Å². The Bertz CT molecular complexity index is 856. The summed E-state index contributed by atoms with van der Waals surface area (Å²) in [5, 5.41) is 0. The minimum absolute atomic E-state index is 0.323. The molecular formula is C23H22F2O. The van der Waals surface area contributed by atoms with E-state index in [1.807, 2.05) is 24.3 Å². The van der Waals surface area contributed by atoms with Gasteiger partial charge in [-0.25, -0.2) is 8.78 Å². The van der Waals surface area contributed by atoms with Gasteiger partial charge in [-0.1, -0.05) is 56.2 Å². The predicted molar refractivity (Wildman–Crippen MR) is 102 cm³/mol. The molecule has 26 heavy (non-hydrogen) atoms. The average Bonchev–Trinajstić information content (AvgIpc) is 2.66. The first-order valence-electron chi connectivity index (χ1n) is 8.96. The van der Waals surface area contributed by atoms with Crippen LogP contribution in [-0.4, -0.2) is 6.61 Å². The van der Waals surface area contributed by atoms with Gasteiger partial charge in [-0.15, -0.1) is 0 Å². The molecule has 0 amide bonds. The molecule has 3 aromatic carbocycles. The van der Waals surface area contributed by atoms with E-state index in [1.165, 1.54) is 18.2 Å². The Morgan fingerprint density at radius 2 is 1.54 bits per heavy atom. The molecule has 0 fully saturated rings. The Morgan fingerprint density at radius 3 is 2.27 bits per heavy atom. The summed E-state index contributed by atoms with van der Waals surface area (Å²) in [6.45, 7) is 2.84. The standard InChI is InChI=1S/C23H22F2O/c1-2-3-6-15-26-19-12-9-17(10-13-19)22-16-18(24)11-14-20(22)21-7-4-5-8-23(21)25/h4-5,7-14,16H,2-3,6,15H2,1H3. The van der Waals surface area contributed by atoms with Crippen molar-refractivity contribution in [1.29, 1.82) is 0 Å². The number of unbranched alkanes of at least 4 members (excludes halogenated alkanes) is 2. The van der Waals surface area contributed by atoms with Crippen molar-refractivity contribution in [1.82, 2.24) is 0 Å². The van der Waals surface area contributed by atoms with E-state index < -0.39 is 0 Å². The summed E-state index contributed by atoms with van der Waals surface area (Å²) in [6, 6.07) is 18.5. The van der Waals surface area contributed by atoms with Crippen LogP contribution in [0.1, 0.15) is 26.2 Å². The Kier molecular flexibility index (Phi) is 6.00. The minimum Gasteiger partial charge on any atom is -0.494 e. The molecule has 0 saturated carbocycles. The molecule has 0 radical (unpaired) electrons. The summed E-state index contributed by atoms with van der Waals surface area (Å²) in [4.78, 5) is 0. The molecule has 0 heterocycles. The van der Waals surface area contributed by atoms with E-state index in [4.69, 9.17) is 4.74 Å². The largest absolute Gasteiger partial charge is 0.494 e. The molecule has 0 unspecified atom stereocenters. The summed E-state index contributed by atoms with van der Waals surface area (Å²) in [6.07, 6.45) is 3.33. The number of rotatable bonds is 7. The lowest BCUT2D eigenvalue weighted by atomic mass is 9.94. The van der Waals surface area contributed by atoms with Crippen molar-refractivity contribution in [2.75, 3.05) is 6.61 Å². The lowest BCUT2D eigenvalue weighted by molar-refractivity contribution is 0.306. The van der Waals surface area contributed by atoms with Gasteiger partial charge in [-0.3, -0.25) is 0 Å². The van der Waals surface area contributed by atoms with Crippen LogP contribution in [0.5, 0.6) is 5.75 Å². The monoisotopic (exact) mass is 352 g/mol. The highest BCUT2D eigenvalue weighted by atomic mass is 19.1. The van der Waals surface area contributed by atoms with Crippen LogP contribution >= 0.6 is 0 Å². The average molecular weight is 352 g/mol. The molecule has 0 atom stereocenters. The van der Waals surface area contributed by atoms with Gasteiger partial charge in [0.05, 0.1) is 6.61 Å². The third-order valence-corrected chi connectivity index (χ3v) is 4.33. The fourth-order valence-electron chi connectivity index (χ4n) is 2.94. The fourth-order valence-corrected chi connectivity index (χ4v) is 2.94. The molecule has 0 saturated heterocycles. The molecule has 3 heteroatoms. The highest BCUT2D eigenvalue weighted by Crippen LogP contribution is 2.34. The second kappa shape index (κ2) is 8.61. The number of hydrogen-bond acceptors (Lipinski definition) is 1. The van der Waals surface area contributed by atoms with E-state index in [-0.39, 0.29) is 11.6 Å². The van der Waals surface area contributed by atoms with Gasteiger partial charge in [0.1, 0.15) is 17.4 Å². The Hall–Kier alpha value is -2.68. The van der Waals surface area contributed by atoms with Gasteiger partial charge >= 0.3 is 0 Å². The van der Waals surface area contributed by atoms with Crippen molar-refractivity contribution >= 4 is 0 Å². The van der Waals surface area contributed by atoms with Crippen LogP contribution in [-0.2, 0) is 0 Å². The summed E-state index contributed by atoms with van der Waals surface area (Å²) in [5.74, 6) is 0.116. The maximum absolute atomic E-state index is 14.2. The number of hydrogen-bond donors (Lipinski definition) is 0. The zero-order valence-corrected chi connectivity index (χ0v) is 14.8. The molecule has 1 nitrogen and oxygen atoms in total. The molecule has 0 bridgehead atoms. The van der Waals surface area contributed by atoms with Crippen LogP contribution in [0.3, 0.4) is 0 Å². The lowest BCUT2D eigenvalue weighted by Gasteiger charge is -2.12. The van der Waals surface area contributed by atoms with E-state index in [2.05, 4.69) is 6.92 Å². The zero-order valence-electron chi connectivity index (χ0n) is 14.8. The first kappa shape index (κ1) is 18.1. The third kappa shape index (κ3) is 4.29. The smallest absolute Gasteiger partial charge is 0.131 e. The van der Waals surface area contributed by atoms with Crippen LogP contribution in [0.4, 0.5) is 8.78 Å². The molecule has 0 spiro atoms. The molecule has 134 valence electrons. The van der Waals surface area contributed by atoms with Gasteiger partial charge in [-0.2, -0.15) is 0 Å². The highest BCUT2D eigenvalue weighted by Gasteiger charge is 2.12.